The number of carboxylic acids is 1. The summed E-state index contributed by atoms with van der Waals surface area (Å²) in [5.74, 6) is -1.48. The van der Waals surface area contributed by atoms with Gasteiger partial charge in [0.05, 0.1) is 12.5 Å². The summed E-state index contributed by atoms with van der Waals surface area (Å²) < 4.78 is 13.2. The van der Waals surface area contributed by atoms with Gasteiger partial charge in [0, 0.05) is 18.3 Å². The summed E-state index contributed by atoms with van der Waals surface area (Å²) in [6, 6.07) is 9.70. The molecular weight excluding hydrogens is 363 g/mol. The second-order valence-corrected chi connectivity index (χ2v) is 6.55. The zero-order chi connectivity index (χ0) is 20.3. The SMILES string of the molecule is Cc1c(CC(=O)O)cccc1NC(=O)N1C=CC(=O)C[C@H]1c1ccc(F)cc1. The summed E-state index contributed by atoms with van der Waals surface area (Å²) in [5, 5.41) is 11.8. The van der Waals surface area contributed by atoms with Crippen LogP contribution >= 0.6 is 0 Å². The van der Waals surface area contributed by atoms with E-state index in [1.165, 1.54) is 29.3 Å². The lowest BCUT2D eigenvalue weighted by Crippen LogP contribution is -2.37. The predicted molar refractivity (Wildman–Crippen MR) is 101 cm³/mol. The van der Waals surface area contributed by atoms with Gasteiger partial charge < -0.3 is 10.4 Å². The van der Waals surface area contributed by atoms with Gasteiger partial charge in [0.25, 0.3) is 0 Å². The van der Waals surface area contributed by atoms with Crippen LogP contribution in [0.15, 0.2) is 54.7 Å². The maximum Gasteiger partial charge on any atom is 0.326 e. The molecule has 1 aliphatic rings. The molecule has 0 bridgehead atoms. The average Bonchev–Trinajstić information content (AvgIpc) is 2.65. The maximum absolute atomic E-state index is 13.2. The maximum atomic E-state index is 13.2. The molecule has 7 heteroatoms. The topological polar surface area (TPSA) is 86.7 Å². The highest BCUT2D eigenvalue weighted by atomic mass is 19.1. The summed E-state index contributed by atoms with van der Waals surface area (Å²) in [4.78, 5) is 37.1. The average molecular weight is 382 g/mol. The Hall–Kier alpha value is -3.48. The van der Waals surface area contributed by atoms with Crippen molar-refractivity contribution in [1.29, 1.82) is 0 Å². The fraction of sp³-hybridized carbons (Fsp3) is 0.190. The molecular formula is C21H19FN2O4. The van der Waals surface area contributed by atoms with Gasteiger partial charge in [0.1, 0.15) is 5.82 Å². The molecule has 1 atom stereocenters. The largest absolute Gasteiger partial charge is 0.481 e. The number of hydrogen-bond donors (Lipinski definition) is 2. The zero-order valence-electron chi connectivity index (χ0n) is 15.2. The number of halogens is 1. The number of amides is 2. The fourth-order valence-corrected chi connectivity index (χ4v) is 3.15. The third-order valence-electron chi connectivity index (χ3n) is 4.67. The minimum absolute atomic E-state index is 0.0909. The third-order valence-corrected chi connectivity index (χ3v) is 4.67. The number of hydrogen-bond acceptors (Lipinski definition) is 3. The van der Waals surface area contributed by atoms with Crippen LogP contribution < -0.4 is 5.32 Å². The van der Waals surface area contributed by atoms with Gasteiger partial charge in [-0.3, -0.25) is 14.5 Å². The normalized spacial score (nSPS) is 16.1. The number of urea groups is 1. The summed E-state index contributed by atoms with van der Waals surface area (Å²) >= 11 is 0. The molecule has 2 amide bonds. The lowest BCUT2D eigenvalue weighted by atomic mass is 9.97. The highest BCUT2D eigenvalue weighted by Gasteiger charge is 2.29. The predicted octanol–water partition coefficient (Wildman–Crippen LogP) is 3.82. The van der Waals surface area contributed by atoms with Crippen LogP contribution in [0.3, 0.4) is 0 Å². The number of benzene rings is 2. The van der Waals surface area contributed by atoms with E-state index >= 15 is 0 Å². The molecule has 2 N–H and O–H groups in total. The molecule has 1 aliphatic heterocycles. The standard InChI is InChI=1S/C21H19FN2O4/c1-13-15(11-20(26)27)3-2-4-18(13)23-21(28)24-10-9-17(25)12-19(24)14-5-7-16(22)8-6-14/h2-10,19H,11-12H2,1H3,(H,23,28)(H,26,27)/t19-/m0/s1. The Morgan fingerprint density at radius 1 is 1.21 bits per heavy atom. The second kappa shape index (κ2) is 8.04. The molecule has 0 saturated heterocycles. The Morgan fingerprint density at radius 2 is 1.93 bits per heavy atom. The number of allylic oxidation sites excluding steroid dienone is 1. The van der Waals surface area contributed by atoms with Crippen molar-refractivity contribution in [2.45, 2.75) is 25.8 Å². The van der Waals surface area contributed by atoms with Gasteiger partial charge in [-0.05, 0) is 47.9 Å². The molecule has 0 radical (unpaired) electrons. The lowest BCUT2D eigenvalue weighted by Gasteiger charge is -2.31. The van der Waals surface area contributed by atoms with E-state index in [9.17, 15) is 18.8 Å². The molecule has 0 spiro atoms. The Bertz CT molecular complexity index is 953. The van der Waals surface area contributed by atoms with Crippen molar-refractivity contribution in [2.24, 2.45) is 0 Å². The number of nitrogens with one attached hydrogen (secondary N) is 1. The van der Waals surface area contributed by atoms with Crippen molar-refractivity contribution in [3.8, 4) is 0 Å². The number of nitrogens with zero attached hydrogens (tertiary/aromatic N) is 1. The van der Waals surface area contributed by atoms with Gasteiger partial charge in [0.2, 0.25) is 0 Å². The summed E-state index contributed by atoms with van der Waals surface area (Å²) in [6.45, 7) is 1.74. The first-order valence-electron chi connectivity index (χ1n) is 8.71. The minimum atomic E-state index is -0.958. The first-order chi connectivity index (χ1) is 13.3. The number of anilines is 1. The van der Waals surface area contributed by atoms with Gasteiger partial charge in [-0.25, -0.2) is 9.18 Å². The lowest BCUT2D eigenvalue weighted by molar-refractivity contribution is -0.136. The molecule has 0 aromatic heterocycles. The van der Waals surface area contributed by atoms with Crippen molar-refractivity contribution in [3.05, 3.63) is 77.2 Å². The van der Waals surface area contributed by atoms with Gasteiger partial charge in [0.15, 0.2) is 5.78 Å². The van der Waals surface area contributed by atoms with Crippen molar-refractivity contribution in [1.82, 2.24) is 4.90 Å². The molecule has 0 saturated carbocycles. The number of carbonyl (C=O) groups excluding carboxylic acids is 2. The van der Waals surface area contributed by atoms with Crippen LogP contribution in [0.4, 0.5) is 14.9 Å². The van der Waals surface area contributed by atoms with E-state index in [1.54, 1.807) is 37.3 Å². The number of carboxylic acid groups (broad SMARTS) is 1. The van der Waals surface area contributed by atoms with Crippen molar-refractivity contribution in [2.75, 3.05) is 5.32 Å². The number of ketones is 1. The van der Waals surface area contributed by atoms with E-state index in [0.29, 0.717) is 22.4 Å². The smallest absolute Gasteiger partial charge is 0.326 e. The number of rotatable bonds is 4. The quantitative estimate of drug-likeness (QED) is 0.842. The Balaban J connectivity index is 1.86. The van der Waals surface area contributed by atoms with Crippen molar-refractivity contribution >= 4 is 23.5 Å². The molecule has 3 rings (SSSR count). The van der Waals surface area contributed by atoms with Crippen LogP contribution in [-0.4, -0.2) is 27.8 Å². The van der Waals surface area contributed by atoms with Crippen molar-refractivity contribution < 1.29 is 23.9 Å². The Morgan fingerprint density at radius 3 is 2.61 bits per heavy atom. The molecule has 28 heavy (non-hydrogen) atoms. The van der Waals surface area contributed by atoms with E-state index in [-0.39, 0.29) is 18.6 Å². The molecule has 2 aromatic rings. The van der Waals surface area contributed by atoms with E-state index in [4.69, 9.17) is 5.11 Å². The first-order valence-corrected chi connectivity index (χ1v) is 8.71. The van der Waals surface area contributed by atoms with Crippen LogP contribution in [0.25, 0.3) is 0 Å². The summed E-state index contributed by atoms with van der Waals surface area (Å²) in [5.41, 5.74) is 2.40. The highest BCUT2D eigenvalue weighted by molar-refractivity contribution is 5.96. The van der Waals surface area contributed by atoms with Gasteiger partial charge >= 0.3 is 12.0 Å². The van der Waals surface area contributed by atoms with E-state index in [0.717, 1.165) is 0 Å². The Kier molecular flexibility index (Phi) is 5.54. The summed E-state index contributed by atoms with van der Waals surface area (Å²) in [6.07, 6.45) is 2.68. The van der Waals surface area contributed by atoms with Crippen LogP contribution in [0.1, 0.15) is 29.2 Å². The molecule has 144 valence electrons. The number of carbonyl (C=O) groups is 3. The molecule has 0 unspecified atom stereocenters. The number of aliphatic carboxylic acids is 1. The zero-order valence-corrected chi connectivity index (χ0v) is 15.2. The monoisotopic (exact) mass is 382 g/mol. The minimum Gasteiger partial charge on any atom is -0.481 e. The second-order valence-electron chi connectivity index (χ2n) is 6.55. The van der Waals surface area contributed by atoms with E-state index in [2.05, 4.69) is 5.32 Å². The molecule has 6 nitrogen and oxygen atoms in total. The highest BCUT2D eigenvalue weighted by Crippen LogP contribution is 2.30. The molecule has 0 aliphatic carbocycles. The van der Waals surface area contributed by atoms with Gasteiger partial charge in [-0.2, -0.15) is 0 Å². The van der Waals surface area contributed by atoms with Crippen LogP contribution in [0.5, 0.6) is 0 Å². The molecule has 2 aromatic carbocycles. The van der Waals surface area contributed by atoms with E-state index < -0.39 is 23.9 Å². The third kappa shape index (κ3) is 4.25. The molecule has 1 heterocycles. The van der Waals surface area contributed by atoms with Gasteiger partial charge in [-0.1, -0.05) is 24.3 Å². The Labute approximate surface area is 161 Å². The van der Waals surface area contributed by atoms with E-state index in [1.807, 2.05) is 0 Å². The van der Waals surface area contributed by atoms with Crippen LogP contribution in [0.2, 0.25) is 0 Å². The fourth-order valence-electron chi connectivity index (χ4n) is 3.15. The molecule has 0 fully saturated rings. The summed E-state index contributed by atoms with van der Waals surface area (Å²) in [7, 11) is 0. The first kappa shape index (κ1) is 19.3. The van der Waals surface area contributed by atoms with Crippen molar-refractivity contribution in [3.63, 3.8) is 0 Å². The van der Waals surface area contributed by atoms with Crippen LogP contribution in [-0.2, 0) is 16.0 Å². The van der Waals surface area contributed by atoms with Crippen LogP contribution in [0, 0.1) is 12.7 Å². The van der Waals surface area contributed by atoms with Gasteiger partial charge in [-0.15, -0.1) is 0 Å².